The summed E-state index contributed by atoms with van der Waals surface area (Å²) in [4.78, 5) is 12.2. The molecule has 0 heterocycles. The lowest BCUT2D eigenvalue weighted by molar-refractivity contribution is -0.0510. The molecule has 0 unspecified atom stereocenters. The second-order valence-electron chi connectivity index (χ2n) is 6.16. The third-order valence-corrected chi connectivity index (χ3v) is 4.38. The van der Waals surface area contributed by atoms with E-state index in [2.05, 4.69) is 10.6 Å². The van der Waals surface area contributed by atoms with Gasteiger partial charge in [0.2, 0.25) is 0 Å². The molecule has 0 saturated heterocycles. The van der Waals surface area contributed by atoms with Crippen molar-refractivity contribution in [2.24, 2.45) is 0 Å². The molecular weight excluding hydrogens is 433 g/mol. The van der Waals surface area contributed by atoms with Gasteiger partial charge in [-0.05, 0) is 42.0 Å². The Morgan fingerprint density at radius 3 is 1.74 bits per heavy atom. The summed E-state index contributed by atoms with van der Waals surface area (Å²) in [5, 5.41) is 6.22. The first-order chi connectivity index (χ1) is 14.6. The molecule has 6 nitrogen and oxygen atoms in total. The Morgan fingerprint density at radius 1 is 0.806 bits per heavy atom. The van der Waals surface area contributed by atoms with Gasteiger partial charge in [0.15, 0.2) is 0 Å². The summed E-state index contributed by atoms with van der Waals surface area (Å²) in [6, 6.07) is 27.3. The monoisotopic (exact) mass is 452 g/mol. The highest BCUT2D eigenvalue weighted by Gasteiger charge is 2.44. The van der Waals surface area contributed by atoms with E-state index in [4.69, 9.17) is 13.0 Å². The van der Waals surface area contributed by atoms with E-state index in [1.54, 1.807) is 0 Å². The van der Waals surface area contributed by atoms with Crippen LogP contribution >= 0.6 is 0 Å². The Kier molecular flexibility index (Phi) is 8.17. The molecule has 0 aliphatic heterocycles. The Hall–Kier alpha value is -3.37. The van der Waals surface area contributed by atoms with Crippen molar-refractivity contribution >= 4 is 27.4 Å². The van der Waals surface area contributed by atoms with Crippen LogP contribution in [0.5, 0.6) is 0 Å². The maximum absolute atomic E-state index is 12.2. The number of carbonyl (C=O) groups excluding carboxylic acids is 1. The average Bonchev–Trinajstić information content (AvgIpc) is 2.73. The van der Waals surface area contributed by atoms with E-state index in [0.717, 1.165) is 16.9 Å². The molecule has 0 aliphatic rings. The molecule has 1 amide bonds. The van der Waals surface area contributed by atoms with Crippen LogP contribution in [0.1, 0.15) is 15.9 Å². The lowest BCUT2D eigenvalue weighted by Crippen LogP contribution is -2.22. The topological polar surface area (TPSA) is 95.5 Å². The van der Waals surface area contributed by atoms with Gasteiger partial charge in [-0.3, -0.25) is 9.35 Å². The summed E-state index contributed by atoms with van der Waals surface area (Å²) in [7, 11) is -5.84. The van der Waals surface area contributed by atoms with Crippen LogP contribution in [0.3, 0.4) is 0 Å². The molecule has 3 aromatic rings. The number of alkyl halides is 3. The number of amides is 1. The molecule has 0 radical (unpaired) electrons. The van der Waals surface area contributed by atoms with Gasteiger partial charge in [0.1, 0.15) is 0 Å². The van der Waals surface area contributed by atoms with Crippen LogP contribution in [0.15, 0.2) is 84.9 Å². The molecule has 0 aromatic heterocycles. The number of para-hydroxylation sites is 1. The van der Waals surface area contributed by atoms with Crippen LogP contribution in [0.25, 0.3) is 0 Å². The number of benzene rings is 3. The van der Waals surface area contributed by atoms with Crippen LogP contribution in [0.4, 0.5) is 24.5 Å². The Morgan fingerprint density at radius 2 is 1.26 bits per heavy atom. The minimum Gasteiger partial charge on any atom is -0.356 e. The molecule has 10 heteroatoms. The Bertz CT molecular complexity index is 1070. The Balaban J connectivity index is 0.000000366. The third kappa shape index (κ3) is 8.11. The fourth-order valence-corrected chi connectivity index (χ4v) is 2.27. The quantitative estimate of drug-likeness (QED) is 0.383. The summed E-state index contributed by atoms with van der Waals surface area (Å²) in [5.74, 6) is -0.0693. The molecule has 31 heavy (non-hydrogen) atoms. The van der Waals surface area contributed by atoms with Gasteiger partial charge in [-0.25, -0.2) is 0 Å². The third-order valence-electron chi connectivity index (χ3n) is 3.80. The first kappa shape index (κ1) is 23.9. The lowest BCUT2D eigenvalue weighted by atomic mass is 10.1. The number of anilines is 2. The van der Waals surface area contributed by atoms with E-state index < -0.39 is 15.6 Å². The van der Waals surface area contributed by atoms with Gasteiger partial charge in [0, 0.05) is 23.5 Å². The zero-order valence-electron chi connectivity index (χ0n) is 16.0. The van der Waals surface area contributed by atoms with Crippen LogP contribution < -0.4 is 10.6 Å². The van der Waals surface area contributed by atoms with Crippen LogP contribution in [-0.2, 0) is 16.7 Å². The van der Waals surface area contributed by atoms with Gasteiger partial charge in [-0.1, -0.05) is 48.5 Å². The predicted molar refractivity (Wildman–Crippen MR) is 111 cm³/mol. The number of nitrogens with one attached hydrogen (secondary N) is 2. The lowest BCUT2D eigenvalue weighted by Gasteiger charge is -2.08. The van der Waals surface area contributed by atoms with E-state index in [-0.39, 0.29) is 5.91 Å². The number of hydrogen-bond acceptors (Lipinski definition) is 4. The maximum atomic E-state index is 12.2. The molecule has 0 aliphatic carbocycles. The molecule has 0 fully saturated rings. The van der Waals surface area contributed by atoms with E-state index in [1.165, 1.54) is 0 Å². The molecule has 164 valence electrons. The molecule has 3 aromatic carbocycles. The molecule has 0 spiro atoms. The van der Waals surface area contributed by atoms with E-state index in [1.807, 2.05) is 84.9 Å². The molecule has 3 N–H and O–H groups in total. The highest BCUT2D eigenvalue weighted by molar-refractivity contribution is 7.86. The van der Waals surface area contributed by atoms with Crippen molar-refractivity contribution in [3.8, 4) is 0 Å². The van der Waals surface area contributed by atoms with Gasteiger partial charge in [-0.2, -0.15) is 21.6 Å². The van der Waals surface area contributed by atoms with E-state index in [9.17, 15) is 18.0 Å². The summed E-state index contributed by atoms with van der Waals surface area (Å²) in [5.41, 5.74) is -1.82. The summed E-state index contributed by atoms with van der Waals surface area (Å²) < 4.78 is 57.5. The fourth-order valence-electron chi connectivity index (χ4n) is 2.27. The van der Waals surface area contributed by atoms with Gasteiger partial charge >= 0.3 is 15.6 Å². The van der Waals surface area contributed by atoms with Crippen LogP contribution in [-0.4, -0.2) is 24.4 Å². The number of rotatable bonds is 5. The maximum Gasteiger partial charge on any atom is 0.522 e. The molecule has 0 bridgehead atoms. The second-order valence-corrected chi connectivity index (χ2v) is 7.57. The largest absolute Gasteiger partial charge is 0.522 e. The normalized spacial score (nSPS) is 11.1. The van der Waals surface area contributed by atoms with Crippen molar-refractivity contribution in [2.45, 2.75) is 12.1 Å². The van der Waals surface area contributed by atoms with E-state index in [0.29, 0.717) is 12.1 Å². The minimum atomic E-state index is -5.84. The fraction of sp³-hybridized carbons (Fsp3) is 0.0952. The van der Waals surface area contributed by atoms with Gasteiger partial charge < -0.3 is 10.6 Å². The first-order valence-electron chi connectivity index (χ1n) is 8.84. The molecule has 3 rings (SSSR count). The highest BCUT2D eigenvalue weighted by Crippen LogP contribution is 2.20. The van der Waals surface area contributed by atoms with Crippen molar-refractivity contribution < 1.29 is 30.9 Å². The predicted octanol–water partition coefficient (Wildman–Crippen LogP) is 4.75. The average molecular weight is 452 g/mol. The second kappa shape index (κ2) is 10.6. The summed E-state index contributed by atoms with van der Waals surface area (Å²) >= 11 is 0. The molecule has 0 atom stereocenters. The number of halogens is 3. The first-order valence-corrected chi connectivity index (χ1v) is 10.3. The molecule has 0 saturated carbocycles. The van der Waals surface area contributed by atoms with Crippen LogP contribution in [0, 0.1) is 0 Å². The number of carbonyl (C=O) groups is 1. The summed E-state index contributed by atoms with van der Waals surface area (Å²) in [6.45, 7) is 0.531. The molecular formula is C21H19F3N2O4S. The van der Waals surface area contributed by atoms with Gasteiger partial charge in [0.25, 0.3) is 5.91 Å². The van der Waals surface area contributed by atoms with Crippen LogP contribution in [0.2, 0.25) is 0 Å². The van der Waals surface area contributed by atoms with E-state index >= 15 is 0 Å². The SMILES string of the molecule is O=C(NCc1ccccc1)c1ccc(Nc2ccccc2)cc1.O=S(=O)(O)C(F)(F)F. The highest BCUT2D eigenvalue weighted by atomic mass is 32.2. The van der Waals surface area contributed by atoms with Crippen molar-refractivity contribution in [1.29, 1.82) is 0 Å². The van der Waals surface area contributed by atoms with Crippen molar-refractivity contribution in [2.75, 3.05) is 5.32 Å². The van der Waals surface area contributed by atoms with Crippen molar-refractivity contribution in [3.05, 3.63) is 96.1 Å². The minimum absolute atomic E-state index is 0.0693. The Labute approximate surface area is 177 Å². The zero-order valence-corrected chi connectivity index (χ0v) is 16.8. The number of hydrogen-bond donors (Lipinski definition) is 3. The van der Waals surface area contributed by atoms with Crippen molar-refractivity contribution in [3.63, 3.8) is 0 Å². The smallest absolute Gasteiger partial charge is 0.356 e. The van der Waals surface area contributed by atoms with Gasteiger partial charge in [-0.15, -0.1) is 0 Å². The standard InChI is InChI=1S/C20H18N2O.CHF3O3S/c23-20(21-15-16-7-3-1-4-8-16)17-11-13-19(14-12-17)22-18-9-5-2-6-10-18;2-1(3,4)8(5,6)7/h1-14,22H,15H2,(H,21,23);(H,5,6,7). The zero-order chi connectivity index (χ0) is 22.9. The van der Waals surface area contributed by atoms with Crippen molar-refractivity contribution in [1.82, 2.24) is 5.32 Å². The summed E-state index contributed by atoms with van der Waals surface area (Å²) in [6.07, 6.45) is 0. The van der Waals surface area contributed by atoms with Gasteiger partial charge in [0.05, 0.1) is 0 Å².